The molecule has 1 aromatic carbocycles. The second kappa shape index (κ2) is 3.86. The molecule has 84 valence electrons. The molecule has 0 saturated heterocycles. The molecular formula is C13H9ClN2O. The van der Waals surface area contributed by atoms with Gasteiger partial charge in [-0.1, -0.05) is 29.8 Å². The lowest BCUT2D eigenvalue weighted by atomic mass is 10.2. The standard InChI is InChI=1S/C13H9ClN2O/c1-8-3-2-4-9-5-11(17-13(8)9)10-6-12(14)16-7-15-10/h2-7H,1H3. The summed E-state index contributed by atoms with van der Waals surface area (Å²) in [4.78, 5) is 7.99. The lowest BCUT2D eigenvalue weighted by Crippen LogP contribution is -1.82. The zero-order chi connectivity index (χ0) is 11.8. The van der Waals surface area contributed by atoms with Gasteiger partial charge in [0.2, 0.25) is 0 Å². The minimum absolute atomic E-state index is 0.409. The van der Waals surface area contributed by atoms with Crippen LogP contribution in [0.25, 0.3) is 22.4 Å². The molecule has 0 bridgehead atoms. The van der Waals surface area contributed by atoms with Crippen LogP contribution in [0.5, 0.6) is 0 Å². The molecule has 0 aliphatic heterocycles. The number of halogens is 1. The van der Waals surface area contributed by atoms with Crippen LogP contribution >= 0.6 is 11.6 Å². The molecule has 3 aromatic rings. The second-order valence-electron chi connectivity index (χ2n) is 3.83. The number of fused-ring (bicyclic) bond motifs is 1. The van der Waals surface area contributed by atoms with Crippen molar-refractivity contribution in [2.45, 2.75) is 6.92 Å². The summed E-state index contributed by atoms with van der Waals surface area (Å²) in [6.45, 7) is 2.02. The summed E-state index contributed by atoms with van der Waals surface area (Å²) in [7, 11) is 0. The van der Waals surface area contributed by atoms with Crippen LogP contribution in [0.15, 0.2) is 41.1 Å². The first-order chi connectivity index (χ1) is 8.24. The topological polar surface area (TPSA) is 38.9 Å². The number of para-hydroxylation sites is 1. The molecule has 0 saturated carbocycles. The minimum Gasteiger partial charge on any atom is -0.454 e. The minimum atomic E-state index is 0.409. The van der Waals surface area contributed by atoms with Gasteiger partial charge in [-0.2, -0.15) is 0 Å². The fraction of sp³-hybridized carbons (Fsp3) is 0.0769. The maximum Gasteiger partial charge on any atom is 0.153 e. The quantitative estimate of drug-likeness (QED) is 0.611. The fourth-order valence-electron chi connectivity index (χ4n) is 1.80. The van der Waals surface area contributed by atoms with Crippen LogP contribution in [0, 0.1) is 6.92 Å². The van der Waals surface area contributed by atoms with E-state index in [1.807, 2.05) is 31.2 Å². The van der Waals surface area contributed by atoms with E-state index in [-0.39, 0.29) is 0 Å². The van der Waals surface area contributed by atoms with Crippen LogP contribution in [0.2, 0.25) is 5.15 Å². The zero-order valence-electron chi connectivity index (χ0n) is 9.14. The summed E-state index contributed by atoms with van der Waals surface area (Å²) in [5, 5.41) is 1.47. The molecule has 2 aromatic heterocycles. The van der Waals surface area contributed by atoms with Crippen molar-refractivity contribution in [2.24, 2.45) is 0 Å². The van der Waals surface area contributed by atoms with Crippen molar-refractivity contribution in [2.75, 3.05) is 0 Å². The molecule has 3 rings (SSSR count). The van der Waals surface area contributed by atoms with E-state index in [1.165, 1.54) is 6.33 Å². The van der Waals surface area contributed by atoms with Crippen molar-refractivity contribution >= 4 is 22.6 Å². The van der Waals surface area contributed by atoms with Gasteiger partial charge >= 0.3 is 0 Å². The number of aromatic nitrogens is 2. The number of benzene rings is 1. The van der Waals surface area contributed by atoms with Crippen LogP contribution in [-0.4, -0.2) is 9.97 Å². The van der Waals surface area contributed by atoms with Gasteiger partial charge in [-0.25, -0.2) is 9.97 Å². The predicted octanol–water partition coefficient (Wildman–Crippen LogP) is 3.85. The Balaban J connectivity index is 2.22. The number of furan rings is 1. The van der Waals surface area contributed by atoms with Crippen molar-refractivity contribution < 1.29 is 4.42 Å². The lowest BCUT2D eigenvalue weighted by Gasteiger charge is -1.95. The molecule has 3 nitrogen and oxygen atoms in total. The number of hydrogen-bond donors (Lipinski definition) is 0. The largest absolute Gasteiger partial charge is 0.454 e. The zero-order valence-corrected chi connectivity index (χ0v) is 9.90. The molecule has 0 N–H and O–H groups in total. The van der Waals surface area contributed by atoms with Gasteiger partial charge in [-0.3, -0.25) is 0 Å². The third-order valence-corrected chi connectivity index (χ3v) is 2.83. The Morgan fingerprint density at radius 3 is 2.82 bits per heavy atom. The highest BCUT2D eigenvalue weighted by Crippen LogP contribution is 2.28. The smallest absolute Gasteiger partial charge is 0.153 e. The summed E-state index contributed by atoms with van der Waals surface area (Å²) in [6.07, 6.45) is 1.43. The Morgan fingerprint density at radius 1 is 1.18 bits per heavy atom. The molecule has 2 heterocycles. The van der Waals surface area contributed by atoms with E-state index in [1.54, 1.807) is 6.07 Å². The van der Waals surface area contributed by atoms with Gasteiger partial charge < -0.3 is 4.42 Å². The average Bonchev–Trinajstić information content (AvgIpc) is 2.74. The Hall–Kier alpha value is -1.87. The SMILES string of the molecule is Cc1cccc2cc(-c3cc(Cl)ncn3)oc12. The van der Waals surface area contributed by atoms with Gasteiger partial charge in [0, 0.05) is 11.5 Å². The molecule has 0 fully saturated rings. The summed E-state index contributed by atoms with van der Waals surface area (Å²) in [6, 6.07) is 9.68. The summed E-state index contributed by atoms with van der Waals surface area (Å²) < 4.78 is 5.79. The molecule has 0 unspecified atom stereocenters. The van der Waals surface area contributed by atoms with E-state index in [0.29, 0.717) is 16.6 Å². The van der Waals surface area contributed by atoms with Gasteiger partial charge in [0.05, 0.1) is 0 Å². The van der Waals surface area contributed by atoms with Crippen molar-refractivity contribution in [3.05, 3.63) is 47.4 Å². The normalized spacial score (nSPS) is 10.9. The van der Waals surface area contributed by atoms with Crippen molar-refractivity contribution in [1.82, 2.24) is 9.97 Å². The van der Waals surface area contributed by atoms with E-state index in [9.17, 15) is 0 Å². The van der Waals surface area contributed by atoms with E-state index in [2.05, 4.69) is 9.97 Å². The molecule has 0 aliphatic carbocycles. The summed E-state index contributed by atoms with van der Waals surface area (Å²) in [5.74, 6) is 0.707. The Morgan fingerprint density at radius 2 is 2.06 bits per heavy atom. The first kappa shape index (κ1) is 10.3. The molecule has 0 amide bonds. The van der Waals surface area contributed by atoms with Gasteiger partial charge in [0.25, 0.3) is 0 Å². The number of rotatable bonds is 1. The number of nitrogens with zero attached hydrogens (tertiary/aromatic N) is 2. The van der Waals surface area contributed by atoms with Gasteiger partial charge in [-0.05, 0) is 18.6 Å². The monoisotopic (exact) mass is 244 g/mol. The maximum absolute atomic E-state index is 5.83. The highest BCUT2D eigenvalue weighted by Gasteiger charge is 2.09. The van der Waals surface area contributed by atoms with Gasteiger partial charge in [-0.15, -0.1) is 0 Å². The molecule has 0 radical (unpaired) electrons. The lowest BCUT2D eigenvalue weighted by molar-refractivity contribution is 0.625. The molecule has 4 heteroatoms. The number of hydrogen-bond acceptors (Lipinski definition) is 3. The van der Waals surface area contributed by atoms with Crippen LogP contribution in [0.3, 0.4) is 0 Å². The molecule has 17 heavy (non-hydrogen) atoms. The van der Waals surface area contributed by atoms with Crippen molar-refractivity contribution in [3.8, 4) is 11.5 Å². The Kier molecular flexibility index (Phi) is 2.34. The molecule has 0 spiro atoms. The Labute approximate surface area is 103 Å². The average molecular weight is 245 g/mol. The number of aryl methyl sites for hydroxylation is 1. The third kappa shape index (κ3) is 1.78. The fourth-order valence-corrected chi connectivity index (χ4v) is 1.95. The molecule has 0 atom stereocenters. The first-order valence-electron chi connectivity index (χ1n) is 5.21. The van der Waals surface area contributed by atoms with E-state index in [0.717, 1.165) is 16.5 Å². The van der Waals surface area contributed by atoms with E-state index < -0.39 is 0 Å². The van der Waals surface area contributed by atoms with Crippen LogP contribution in [0.1, 0.15) is 5.56 Å². The highest BCUT2D eigenvalue weighted by molar-refractivity contribution is 6.29. The third-order valence-electron chi connectivity index (χ3n) is 2.63. The Bertz CT molecular complexity index is 691. The predicted molar refractivity (Wildman–Crippen MR) is 67.0 cm³/mol. The van der Waals surface area contributed by atoms with E-state index >= 15 is 0 Å². The van der Waals surface area contributed by atoms with Gasteiger partial charge in [0.1, 0.15) is 22.8 Å². The van der Waals surface area contributed by atoms with E-state index in [4.69, 9.17) is 16.0 Å². The molecule has 0 aliphatic rings. The maximum atomic E-state index is 5.83. The summed E-state index contributed by atoms with van der Waals surface area (Å²) >= 11 is 5.83. The van der Waals surface area contributed by atoms with Crippen LogP contribution < -0.4 is 0 Å². The molecular weight excluding hydrogens is 236 g/mol. The van der Waals surface area contributed by atoms with Crippen molar-refractivity contribution in [1.29, 1.82) is 0 Å². The second-order valence-corrected chi connectivity index (χ2v) is 4.22. The van der Waals surface area contributed by atoms with Gasteiger partial charge in [0.15, 0.2) is 5.76 Å². The van der Waals surface area contributed by atoms with Crippen LogP contribution in [0.4, 0.5) is 0 Å². The first-order valence-corrected chi connectivity index (χ1v) is 5.59. The van der Waals surface area contributed by atoms with Crippen LogP contribution in [-0.2, 0) is 0 Å². The highest BCUT2D eigenvalue weighted by atomic mass is 35.5. The summed E-state index contributed by atoms with van der Waals surface area (Å²) in [5.41, 5.74) is 2.69. The van der Waals surface area contributed by atoms with Crippen molar-refractivity contribution in [3.63, 3.8) is 0 Å².